The summed E-state index contributed by atoms with van der Waals surface area (Å²) in [5.41, 5.74) is 4.71. The summed E-state index contributed by atoms with van der Waals surface area (Å²) in [7, 11) is 0. The predicted octanol–water partition coefficient (Wildman–Crippen LogP) is 5.18. The van der Waals surface area contributed by atoms with Crippen LogP contribution >= 0.6 is 0 Å². The van der Waals surface area contributed by atoms with Crippen molar-refractivity contribution in [3.63, 3.8) is 0 Å². The molecule has 1 aromatic carbocycles. The van der Waals surface area contributed by atoms with Crippen molar-refractivity contribution in [1.82, 2.24) is 5.32 Å². The minimum absolute atomic E-state index is 0.498. The molecule has 1 saturated carbocycles. The van der Waals surface area contributed by atoms with Crippen LogP contribution in [0.3, 0.4) is 0 Å². The third kappa shape index (κ3) is 3.69. The molecule has 0 spiro atoms. The van der Waals surface area contributed by atoms with E-state index in [4.69, 9.17) is 0 Å². The van der Waals surface area contributed by atoms with Crippen molar-refractivity contribution in [2.24, 2.45) is 5.92 Å². The SMILES string of the molecule is CCC1CCCC(NC(C)c2ccc3c(c2)CCCC3)C1. The molecule has 0 radical (unpaired) electrons. The first kappa shape index (κ1) is 15.1. The first-order valence-electron chi connectivity index (χ1n) is 9.14. The Labute approximate surface area is 130 Å². The fourth-order valence-electron chi connectivity index (χ4n) is 4.29. The van der Waals surface area contributed by atoms with E-state index in [1.807, 2.05) is 0 Å². The molecule has 116 valence electrons. The summed E-state index contributed by atoms with van der Waals surface area (Å²) < 4.78 is 0. The highest BCUT2D eigenvalue weighted by Crippen LogP contribution is 2.29. The van der Waals surface area contributed by atoms with E-state index in [0.717, 1.165) is 12.0 Å². The Kier molecular flexibility index (Phi) is 5.00. The van der Waals surface area contributed by atoms with Crippen molar-refractivity contribution in [2.45, 2.75) is 83.7 Å². The Morgan fingerprint density at radius 3 is 2.71 bits per heavy atom. The van der Waals surface area contributed by atoms with Gasteiger partial charge in [-0.2, -0.15) is 0 Å². The van der Waals surface area contributed by atoms with Crippen molar-refractivity contribution >= 4 is 0 Å². The van der Waals surface area contributed by atoms with Gasteiger partial charge < -0.3 is 5.32 Å². The molecule has 0 aromatic heterocycles. The van der Waals surface area contributed by atoms with Crippen molar-refractivity contribution < 1.29 is 0 Å². The van der Waals surface area contributed by atoms with E-state index in [2.05, 4.69) is 37.4 Å². The number of aryl methyl sites for hydroxylation is 2. The molecule has 1 aromatic rings. The lowest BCUT2D eigenvalue weighted by molar-refractivity contribution is 0.266. The van der Waals surface area contributed by atoms with E-state index in [1.165, 1.54) is 63.4 Å². The number of hydrogen-bond acceptors (Lipinski definition) is 1. The fourth-order valence-corrected chi connectivity index (χ4v) is 4.29. The van der Waals surface area contributed by atoms with Crippen molar-refractivity contribution in [2.75, 3.05) is 0 Å². The van der Waals surface area contributed by atoms with Gasteiger partial charge in [0.05, 0.1) is 0 Å². The van der Waals surface area contributed by atoms with E-state index in [9.17, 15) is 0 Å². The second-order valence-corrected chi connectivity index (χ2v) is 7.26. The molecule has 2 aliphatic rings. The molecule has 0 aliphatic heterocycles. The Morgan fingerprint density at radius 2 is 1.90 bits per heavy atom. The highest BCUT2D eigenvalue weighted by atomic mass is 14.9. The van der Waals surface area contributed by atoms with Gasteiger partial charge in [-0.1, -0.05) is 44.4 Å². The molecule has 21 heavy (non-hydrogen) atoms. The van der Waals surface area contributed by atoms with E-state index in [0.29, 0.717) is 6.04 Å². The molecule has 3 unspecified atom stereocenters. The van der Waals surface area contributed by atoms with Gasteiger partial charge in [0, 0.05) is 12.1 Å². The van der Waals surface area contributed by atoms with Crippen LogP contribution in [0.15, 0.2) is 18.2 Å². The van der Waals surface area contributed by atoms with Gasteiger partial charge in [0.1, 0.15) is 0 Å². The second-order valence-electron chi connectivity index (χ2n) is 7.26. The highest BCUT2D eigenvalue weighted by molar-refractivity contribution is 5.35. The van der Waals surface area contributed by atoms with E-state index >= 15 is 0 Å². The van der Waals surface area contributed by atoms with Gasteiger partial charge in [-0.05, 0) is 68.1 Å². The van der Waals surface area contributed by atoms with Gasteiger partial charge in [-0.15, -0.1) is 0 Å². The van der Waals surface area contributed by atoms with Crippen molar-refractivity contribution in [1.29, 1.82) is 0 Å². The molecular formula is C20H31N. The van der Waals surface area contributed by atoms with Gasteiger partial charge in [0.2, 0.25) is 0 Å². The maximum absolute atomic E-state index is 3.91. The standard InChI is InChI=1S/C20H31N/c1-3-16-7-6-10-20(13-16)21-15(2)18-12-11-17-8-4-5-9-19(17)14-18/h11-12,14-16,20-21H,3-10,13H2,1-2H3. The van der Waals surface area contributed by atoms with Crippen LogP contribution in [0.25, 0.3) is 0 Å². The van der Waals surface area contributed by atoms with E-state index in [1.54, 1.807) is 11.1 Å². The lowest BCUT2D eigenvalue weighted by Crippen LogP contribution is -2.35. The van der Waals surface area contributed by atoms with E-state index < -0.39 is 0 Å². The molecule has 2 aliphatic carbocycles. The third-order valence-corrected chi connectivity index (χ3v) is 5.72. The number of hydrogen-bond donors (Lipinski definition) is 1. The average Bonchev–Trinajstić information content (AvgIpc) is 2.54. The van der Waals surface area contributed by atoms with Crippen LogP contribution in [0.5, 0.6) is 0 Å². The van der Waals surface area contributed by atoms with Gasteiger partial charge in [-0.25, -0.2) is 0 Å². The summed E-state index contributed by atoms with van der Waals surface area (Å²) >= 11 is 0. The lowest BCUT2D eigenvalue weighted by Gasteiger charge is -2.32. The molecule has 1 nitrogen and oxygen atoms in total. The van der Waals surface area contributed by atoms with Crippen LogP contribution in [0.1, 0.15) is 81.5 Å². The van der Waals surface area contributed by atoms with Gasteiger partial charge in [0.25, 0.3) is 0 Å². The van der Waals surface area contributed by atoms with Gasteiger partial charge in [0.15, 0.2) is 0 Å². The Bertz CT molecular complexity index is 465. The summed E-state index contributed by atoms with van der Waals surface area (Å²) in [6.07, 6.45) is 12.3. The molecule has 0 amide bonds. The summed E-state index contributed by atoms with van der Waals surface area (Å²) in [6.45, 7) is 4.69. The molecule has 0 heterocycles. The highest BCUT2D eigenvalue weighted by Gasteiger charge is 2.22. The normalized spacial score (nSPS) is 27.1. The van der Waals surface area contributed by atoms with Crippen LogP contribution in [0.2, 0.25) is 0 Å². The van der Waals surface area contributed by atoms with Crippen LogP contribution in [-0.2, 0) is 12.8 Å². The summed E-state index contributed by atoms with van der Waals surface area (Å²) in [6, 6.07) is 8.46. The first-order chi connectivity index (χ1) is 10.3. The summed E-state index contributed by atoms with van der Waals surface area (Å²) in [4.78, 5) is 0. The predicted molar refractivity (Wildman–Crippen MR) is 90.7 cm³/mol. The lowest BCUT2D eigenvalue weighted by atomic mass is 9.83. The smallest absolute Gasteiger partial charge is 0.0294 e. The van der Waals surface area contributed by atoms with E-state index in [-0.39, 0.29) is 0 Å². The molecule has 1 fully saturated rings. The van der Waals surface area contributed by atoms with Crippen LogP contribution in [-0.4, -0.2) is 6.04 Å². The molecule has 1 N–H and O–H groups in total. The Hall–Kier alpha value is -0.820. The van der Waals surface area contributed by atoms with Gasteiger partial charge >= 0.3 is 0 Å². The number of fused-ring (bicyclic) bond motifs is 1. The Balaban J connectivity index is 1.63. The molecule has 0 bridgehead atoms. The minimum atomic E-state index is 0.498. The largest absolute Gasteiger partial charge is 0.307 e. The zero-order valence-corrected chi connectivity index (χ0v) is 13.8. The summed E-state index contributed by atoms with van der Waals surface area (Å²) in [5.74, 6) is 0.951. The quantitative estimate of drug-likeness (QED) is 0.803. The topological polar surface area (TPSA) is 12.0 Å². The molecule has 1 heteroatoms. The third-order valence-electron chi connectivity index (χ3n) is 5.72. The number of benzene rings is 1. The van der Waals surface area contributed by atoms with Crippen LogP contribution in [0.4, 0.5) is 0 Å². The number of rotatable bonds is 4. The molecule has 3 rings (SSSR count). The van der Waals surface area contributed by atoms with Crippen molar-refractivity contribution in [3.8, 4) is 0 Å². The molecule has 3 atom stereocenters. The molecular weight excluding hydrogens is 254 g/mol. The maximum Gasteiger partial charge on any atom is 0.0294 e. The monoisotopic (exact) mass is 285 g/mol. The van der Waals surface area contributed by atoms with Crippen LogP contribution < -0.4 is 5.32 Å². The molecule has 0 saturated heterocycles. The minimum Gasteiger partial charge on any atom is -0.307 e. The maximum atomic E-state index is 3.91. The summed E-state index contributed by atoms with van der Waals surface area (Å²) in [5, 5.41) is 3.91. The average molecular weight is 285 g/mol. The second kappa shape index (κ2) is 6.96. The van der Waals surface area contributed by atoms with Crippen molar-refractivity contribution in [3.05, 3.63) is 34.9 Å². The number of nitrogens with one attached hydrogen (secondary N) is 1. The zero-order chi connectivity index (χ0) is 14.7. The fraction of sp³-hybridized carbons (Fsp3) is 0.700. The first-order valence-corrected chi connectivity index (χ1v) is 9.14. The van der Waals surface area contributed by atoms with Crippen LogP contribution in [0, 0.1) is 5.92 Å². The van der Waals surface area contributed by atoms with Gasteiger partial charge in [-0.3, -0.25) is 0 Å². The zero-order valence-electron chi connectivity index (χ0n) is 13.8. The Morgan fingerprint density at radius 1 is 1.10 bits per heavy atom.